The molecular weight excluding hydrogens is 547 g/mol. The number of amides is 3. The lowest BCUT2D eigenvalue weighted by atomic mass is 9.81. The first-order chi connectivity index (χ1) is 18.7. The van der Waals surface area contributed by atoms with Crippen LogP contribution in [0.2, 0.25) is 10.0 Å². The Morgan fingerprint density at radius 3 is 2.13 bits per heavy atom. The molecule has 9 nitrogen and oxygen atoms in total. The van der Waals surface area contributed by atoms with Gasteiger partial charge in [-0.2, -0.15) is 5.01 Å². The number of nitrogens with zero attached hydrogens (tertiary/aromatic N) is 2. The van der Waals surface area contributed by atoms with Gasteiger partial charge in [0.1, 0.15) is 12.3 Å². The molecule has 1 aromatic heterocycles. The first-order valence-corrected chi connectivity index (χ1v) is 13.0. The van der Waals surface area contributed by atoms with Crippen molar-refractivity contribution in [3.63, 3.8) is 0 Å². The third kappa shape index (κ3) is 5.32. The zero-order valence-electron chi connectivity index (χ0n) is 20.5. The summed E-state index contributed by atoms with van der Waals surface area (Å²) >= 11 is 12.1. The number of Topliss-reactive ketones (excluding diaryl/α,β-unsaturated/α-hetero) is 1. The van der Waals surface area contributed by atoms with Crippen LogP contribution in [0.1, 0.15) is 57.0 Å². The highest BCUT2D eigenvalue weighted by molar-refractivity contribution is 6.42. The molecule has 200 valence electrons. The zero-order chi connectivity index (χ0) is 27.7. The molecule has 39 heavy (non-hydrogen) atoms. The summed E-state index contributed by atoms with van der Waals surface area (Å²) in [6.07, 6.45) is 4.06. The Hall–Kier alpha value is -3.95. The van der Waals surface area contributed by atoms with Crippen LogP contribution in [-0.2, 0) is 9.59 Å². The summed E-state index contributed by atoms with van der Waals surface area (Å²) in [7, 11) is 0. The van der Waals surface area contributed by atoms with Crippen molar-refractivity contribution in [2.75, 3.05) is 6.54 Å². The van der Waals surface area contributed by atoms with E-state index in [4.69, 9.17) is 32.4 Å². The van der Waals surface area contributed by atoms with Crippen molar-refractivity contribution in [1.82, 2.24) is 10.0 Å². The quantitative estimate of drug-likeness (QED) is 0.166. The highest BCUT2D eigenvalue weighted by atomic mass is 35.5. The third-order valence-electron chi connectivity index (χ3n) is 6.86. The number of halogens is 2. The molecule has 0 radical (unpaired) electrons. The molecule has 2 heterocycles. The second-order valence-electron chi connectivity index (χ2n) is 9.29. The number of ketones is 1. The Kier molecular flexibility index (Phi) is 7.54. The molecule has 11 heteroatoms. The molecule has 0 unspecified atom stereocenters. The van der Waals surface area contributed by atoms with E-state index in [0.29, 0.717) is 12.8 Å². The smallest absolute Gasteiger partial charge is 0.379 e. The van der Waals surface area contributed by atoms with E-state index in [1.54, 1.807) is 6.07 Å². The fourth-order valence-corrected chi connectivity index (χ4v) is 5.18. The van der Waals surface area contributed by atoms with Gasteiger partial charge in [-0.05, 0) is 67.4 Å². The van der Waals surface area contributed by atoms with Crippen LogP contribution in [0.25, 0.3) is 0 Å². The minimum absolute atomic E-state index is 0.0205. The second kappa shape index (κ2) is 11.0. The van der Waals surface area contributed by atoms with E-state index < -0.39 is 47.9 Å². The number of hydrogen-bond donors (Lipinski definition) is 0. The van der Waals surface area contributed by atoms with Gasteiger partial charge < -0.3 is 9.15 Å². The van der Waals surface area contributed by atoms with Gasteiger partial charge in [-0.25, -0.2) is 9.80 Å². The van der Waals surface area contributed by atoms with Gasteiger partial charge in [-0.1, -0.05) is 36.0 Å². The lowest BCUT2D eigenvalue weighted by Crippen LogP contribution is -2.52. The Bertz CT molecular complexity index is 1430. The summed E-state index contributed by atoms with van der Waals surface area (Å²) in [6.45, 7) is -0.582. The number of ether oxygens (including phenoxy) is 1. The summed E-state index contributed by atoms with van der Waals surface area (Å²) in [6, 6.07) is 12.8. The minimum Gasteiger partial charge on any atom is -0.457 e. The highest BCUT2D eigenvalue weighted by Crippen LogP contribution is 2.39. The van der Waals surface area contributed by atoms with E-state index in [1.807, 2.05) is 0 Å². The molecule has 2 atom stereocenters. The molecule has 3 aromatic rings. The molecule has 3 amide bonds. The molecule has 2 fully saturated rings. The Morgan fingerprint density at radius 1 is 0.897 bits per heavy atom. The fourth-order valence-electron chi connectivity index (χ4n) is 4.88. The van der Waals surface area contributed by atoms with Crippen molar-refractivity contribution >= 4 is 52.7 Å². The maximum atomic E-state index is 13.6. The number of furan rings is 1. The summed E-state index contributed by atoms with van der Waals surface area (Å²) in [5.41, 5.74) is 0.240. The number of esters is 1. The first kappa shape index (κ1) is 26.6. The number of carbonyl (C=O) groups is 5. The monoisotopic (exact) mass is 568 g/mol. The normalized spacial score (nSPS) is 18.6. The van der Waals surface area contributed by atoms with Crippen LogP contribution in [0, 0.1) is 11.8 Å². The molecule has 1 saturated heterocycles. The van der Waals surface area contributed by atoms with Crippen LogP contribution in [0.4, 0.5) is 0 Å². The summed E-state index contributed by atoms with van der Waals surface area (Å²) in [5.74, 6) is -3.82. The molecule has 1 aliphatic carbocycles. The van der Waals surface area contributed by atoms with Gasteiger partial charge in [-0.3, -0.25) is 19.2 Å². The minimum atomic E-state index is -0.744. The van der Waals surface area contributed by atoms with E-state index in [1.165, 1.54) is 54.8 Å². The van der Waals surface area contributed by atoms with Crippen LogP contribution < -0.4 is 4.74 Å². The fraction of sp³-hybridized carbons (Fsp3) is 0.250. The summed E-state index contributed by atoms with van der Waals surface area (Å²) in [5, 5.41) is 2.04. The number of benzene rings is 2. The Labute approximate surface area is 233 Å². The summed E-state index contributed by atoms with van der Waals surface area (Å²) in [4.78, 5) is 65.6. The first-order valence-electron chi connectivity index (χ1n) is 12.3. The van der Waals surface area contributed by atoms with E-state index >= 15 is 0 Å². The van der Waals surface area contributed by atoms with Crippen LogP contribution in [-0.4, -0.2) is 46.0 Å². The van der Waals surface area contributed by atoms with Crippen molar-refractivity contribution in [1.29, 1.82) is 0 Å². The number of rotatable bonds is 7. The number of hydrazine groups is 1. The Balaban J connectivity index is 1.40. The van der Waals surface area contributed by atoms with Crippen molar-refractivity contribution in [3.05, 3.63) is 87.8 Å². The predicted molar refractivity (Wildman–Crippen MR) is 139 cm³/mol. The lowest BCUT2D eigenvalue weighted by Gasteiger charge is -2.30. The molecule has 0 N–H and O–H groups in total. The van der Waals surface area contributed by atoms with Gasteiger partial charge in [0.2, 0.25) is 5.76 Å². The molecule has 1 aliphatic heterocycles. The van der Waals surface area contributed by atoms with Gasteiger partial charge in [0, 0.05) is 11.1 Å². The highest BCUT2D eigenvalue weighted by Gasteiger charge is 2.51. The zero-order valence-corrected chi connectivity index (χ0v) is 22.0. The number of imide groups is 1. The maximum absolute atomic E-state index is 13.6. The average molecular weight is 569 g/mol. The van der Waals surface area contributed by atoms with E-state index in [0.717, 1.165) is 22.9 Å². The van der Waals surface area contributed by atoms with Crippen molar-refractivity contribution < 1.29 is 33.1 Å². The molecule has 5 rings (SSSR count). The van der Waals surface area contributed by atoms with Gasteiger partial charge in [0.05, 0.1) is 28.1 Å². The van der Waals surface area contributed by atoms with E-state index in [2.05, 4.69) is 0 Å². The van der Waals surface area contributed by atoms with Gasteiger partial charge in [-0.15, -0.1) is 0 Å². The Morgan fingerprint density at radius 2 is 1.54 bits per heavy atom. The van der Waals surface area contributed by atoms with Gasteiger partial charge in [0.15, 0.2) is 5.78 Å². The second-order valence-corrected chi connectivity index (χ2v) is 10.1. The van der Waals surface area contributed by atoms with Crippen molar-refractivity contribution in [2.45, 2.75) is 25.7 Å². The average Bonchev–Trinajstić information content (AvgIpc) is 3.57. The van der Waals surface area contributed by atoms with Crippen LogP contribution in [0.3, 0.4) is 0 Å². The van der Waals surface area contributed by atoms with Crippen LogP contribution >= 0.6 is 23.2 Å². The number of fused-ring (bicyclic) bond motifs is 1. The lowest BCUT2D eigenvalue weighted by molar-refractivity contribution is -0.154. The van der Waals surface area contributed by atoms with Crippen LogP contribution in [0.15, 0.2) is 65.3 Å². The maximum Gasteiger partial charge on any atom is 0.379 e. The molecule has 0 bridgehead atoms. The molecule has 0 spiro atoms. The van der Waals surface area contributed by atoms with E-state index in [-0.39, 0.29) is 32.7 Å². The van der Waals surface area contributed by atoms with Gasteiger partial charge >= 0.3 is 5.97 Å². The largest absolute Gasteiger partial charge is 0.457 e. The molecule has 2 aromatic carbocycles. The molecular formula is C28H22Cl2N2O7. The SMILES string of the molecule is O=C(CN(C(=O)c1ccc(Cl)c(Cl)c1)N1C(=O)[C@H]2CCCC[C@H]2C1=O)c1ccc(OC(=O)c2ccco2)cc1. The van der Waals surface area contributed by atoms with Crippen molar-refractivity contribution in [2.24, 2.45) is 11.8 Å². The summed E-state index contributed by atoms with van der Waals surface area (Å²) < 4.78 is 10.2. The predicted octanol–water partition coefficient (Wildman–Crippen LogP) is 5.22. The van der Waals surface area contributed by atoms with Crippen molar-refractivity contribution in [3.8, 4) is 5.75 Å². The topological polar surface area (TPSA) is 114 Å². The van der Waals surface area contributed by atoms with Gasteiger partial charge in [0.25, 0.3) is 17.7 Å². The third-order valence-corrected chi connectivity index (χ3v) is 7.60. The van der Waals surface area contributed by atoms with E-state index in [9.17, 15) is 24.0 Å². The number of hydrogen-bond acceptors (Lipinski definition) is 7. The molecule has 1 saturated carbocycles. The number of carbonyl (C=O) groups excluding carboxylic acids is 5. The standard InChI is InChI=1S/C28H22Cl2N2O7/c29-21-12-9-17(14-22(21)30)25(34)31(32-26(35)19-4-1-2-5-20(19)27(32)36)15-23(33)16-7-10-18(11-8-16)39-28(37)24-6-3-13-38-24/h3,6-14,19-20H,1-2,4-5,15H2/t19-,20+. The molecule has 2 aliphatic rings. The van der Waals surface area contributed by atoms with Crippen LogP contribution in [0.5, 0.6) is 5.75 Å².